The molecule has 2 rings (SSSR count). The minimum absolute atomic E-state index is 0.307. The molecule has 0 amide bonds. The van der Waals surface area contributed by atoms with Gasteiger partial charge in [0.15, 0.2) is 5.78 Å². The van der Waals surface area contributed by atoms with Crippen LogP contribution in [0.3, 0.4) is 0 Å². The molecule has 2 nitrogen and oxygen atoms in total. The van der Waals surface area contributed by atoms with Gasteiger partial charge in [-0.15, -0.1) is 0 Å². The Kier molecular flexibility index (Phi) is 4.57. The lowest BCUT2D eigenvalue weighted by molar-refractivity contribution is 0.0512. The Hall–Kier alpha value is -1.15. The van der Waals surface area contributed by atoms with Crippen molar-refractivity contribution in [1.29, 1.82) is 0 Å². The predicted molar refractivity (Wildman–Crippen MR) is 89.0 cm³/mol. The molecular weight excluding hydrogens is 258 g/mol. The molecule has 0 heterocycles. The molecule has 0 N–H and O–H groups in total. The number of hydrogen-bond donors (Lipinski definition) is 0. The third kappa shape index (κ3) is 2.91. The van der Waals surface area contributed by atoms with Crippen LogP contribution < -0.4 is 0 Å². The zero-order valence-corrected chi connectivity index (χ0v) is 14.4. The highest BCUT2D eigenvalue weighted by Crippen LogP contribution is 2.38. The van der Waals surface area contributed by atoms with Crippen LogP contribution in [0, 0.1) is 26.7 Å². The molecule has 1 fully saturated rings. The molecular formula is C19H29NO. The molecule has 0 saturated heterocycles. The van der Waals surface area contributed by atoms with Crippen molar-refractivity contribution in [1.82, 2.24) is 4.90 Å². The lowest BCUT2D eigenvalue weighted by Gasteiger charge is -2.43. The fraction of sp³-hybridized carbons (Fsp3) is 0.632. The SMILES string of the molecule is Cc1cc(C)c(C(=O)C2(N(C)C)CCC(C)CC2)cc1C. The number of Topliss-reactive ketones (excluding diaryl/α,β-unsaturated/α-hetero) is 1. The Morgan fingerprint density at radius 3 is 2.10 bits per heavy atom. The van der Waals surface area contributed by atoms with Crippen LogP contribution >= 0.6 is 0 Å². The monoisotopic (exact) mass is 287 g/mol. The Balaban J connectivity index is 2.43. The maximum absolute atomic E-state index is 13.3. The Morgan fingerprint density at radius 2 is 1.57 bits per heavy atom. The molecule has 2 heteroatoms. The first-order chi connectivity index (χ1) is 9.78. The largest absolute Gasteiger partial charge is 0.297 e. The molecule has 0 atom stereocenters. The van der Waals surface area contributed by atoms with Crippen molar-refractivity contribution in [3.8, 4) is 0 Å². The highest BCUT2D eigenvalue weighted by atomic mass is 16.1. The van der Waals surface area contributed by atoms with Crippen LogP contribution in [-0.2, 0) is 0 Å². The van der Waals surface area contributed by atoms with E-state index in [1.165, 1.54) is 11.1 Å². The summed E-state index contributed by atoms with van der Waals surface area (Å²) in [5.74, 6) is 1.06. The summed E-state index contributed by atoms with van der Waals surface area (Å²) in [6.07, 6.45) is 4.25. The molecule has 1 aliphatic carbocycles. The summed E-state index contributed by atoms with van der Waals surface area (Å²) in [5.41, 5.74) is 4.20. The van der Waals surface area contributed by atoms with Gasteiger partial charge in [0.1, 0.15) is 0 Å². The van der Waals surface area contributed by atoms with Gasteiger partial charge in [-0.2, -0.15) is 0 Å². The highest BCUT2D eigenvalue weighted by molar-refractivity contribution is 6.04. The minimum Gasteiger partial charge on any atom is -0.297 e. The zero-order chi connectivity index (χ0) is 15.8. The van der Waals surface area contributed by atoms with Crippen LogP contribution in [0.25, 0.3) is 0 Å². The van der Waals surface area contributed by atoms with Crippen LogP contribution in [0.15, 0.2) is 12.1 Å². The number of ketones is 1. The summed E-state index contributed by atoms with van der Waals surface area (Å²) in [6.45, 7) is 8.57. The number of likely N-dealkylation sites (N-methyl/N-ethyl adjacent to an activating group) is 1. The van der Waals surface area contributed by atoms with Crippen LogP contribution in [-0.4, -0.2) is 30.3 Å². The van der Waals surface area contributed by atoms with Crippen LogP contribution in [0.1, 0.15) is 59.7 Å². The third-order valence-electron chi connectivity index (χ3n) is 5.47. The van der Waals surface area contributed by atoms with Crippen molar-refractivity contribution in [2.75, 3.05) is 14.1 Å². The Labute approximate surface area is 129 Å². The first kappa shape index (κ1) is 16.2. The van der Waals surface area contributed by atoms with Gasteiger partial charge in [-0.3, -0.25) is 9.69 Å². The smallest absolute Gasteiger partial charge is 0.183 e. The van der Waals surface area contributed by atoms with Gasteiger partial charge < -0.3 is 0 Å². The molecule has 1 aromatic carbocycles. The first-order valence-electron chi connectivity index (χ1n) is 8.08. The third-order valence-corrected chi connectivity index (χ3v) is 5.47. The van der Waals surface area contributed by atoms with Crippen LogP contribution in [0.5, 0.6) is 0 Å². The van der Waals surface area contributed by atoms with E-state index in [1.807, 2.05) is 0 Å². The van der Waals surface area contributed by atoms with Gasteiger partial charge in [0.05, 0.1) is 5.54 Å². The van der Waals surface area contributed by atoms with Gasteiger partial charge in [-0.05, 0) is 89.2 Å². The van der Waals surface area contributed by atoms with Gasteiger partial charge in [0.2, 0.25) is 0 Å². The van der Waals surface area contributed by atoms with Gasteiger partial charge in [-0.25, -0.2) is 0 Å². The normalized spacial score (nSPS) is 26.1. The van der Waals surface area contributed by atoms with E-state index in [9.17, 15) is 4.79 Å². The van der Waals surface area contributed by atoms with E-state index in [4.69, 9.17) is 0 Å². The van der Waals surface area contributed by atoms with Crippen LogP contribution in [0.2, 0.25) is 0 Å². The quantitative estimate of drug-likeness (QED) is 0.772. The Bertz CT molecular complexity index is 537. The number of hydrogen-bond acceptors (Lipinski definition) is 2. The number of carbonyl (C=O) groups excluding carboxylic acids is 1. The van der Waals surface area contributed by atoms with Crippen molar-refractivity contribution in [3.05, 3.63) is 34.4 Å². The number of rotatable bonds is 3. The Morgan fingerprint density at radius 1 is 1.05 bits per heavy atom. The van der Waals surface area contributed by atoms with Gasteiger partial charge in [0, 0.05) is 5.56 Å². The van der Waals surface area contributed by atoms with E-state index < -0.39 is 0 Å². The standard InChI is InChI=1S/C19H29NO/c1-13-7-9-19(10-8-13,20(5)6)18(21)17-12-15(3)14(2)11-16(17)4/h11-13H,7-10H2,1-6H3. The fourth-order valence-electron chi connectivity index (χ4n) is 3.57. The molecule has 0 radical (unpaired) electrons. The van der Waals surface area contributed by atoms with Gasteiger partial charge in [0.25, 0.3) is 0 Å². The summed E-state index contributed by atoms with van der Waals surface area (Å²) in [4.78, 5) is 15.5. The van der Waals surface area contributed by atoms with E-state index in [0.29, 0.717) is 5.78 Å². The van der Waals surface area contributed by atoms with Crippen molar-refractivity contribution >= 4 is 5.78 Å². The second-order valence-corrected chi connectivity index (χ2v) is 7.19. The van der Waals surface area contributed by atoms with Gasteiger partial charge in [-0.1, -0.05) is 13.0 Å². The van der Waals surface area contributed by atoms with Crippen LogP contribution in [0.4, 0.5) is 0 Å². The molecule has 0 bridgehead atoms. The average Bonchev–Trinajstić information content (AvgIpc) is 2.43. The summed E-state index contributed by atoms with van der Waals surface area (Å²) in [7, 11) is 4.12. The highest BCUT2D eigenvalue weighted by Gasteiger charge is 2.43. The number of carbonyl (C=O) groups is 1. The lowest BCUT2D eigenvalue weighted by atomic mass is 9.71. The lowest BCUT2D eigenvalue weighted by Crippen LogP contribution is -2.53. The van der Waals surface area contributed by atoms with E-state index in [-0.39, 0.29) is 5.54 Å². The molecule has 1 aliphatic rings. The minimum atomic E-state index is -0.307. The van der Waals surface area contributed by atoms with E-state index >= 15 is 0 Å². The first-order valence-corrected chi connectivity index (χ1v) is 8.08. The second kappa shape index (κ2) is 5.92. The van der Waals surface area contributed by atoms with Gasteiger partial charge >= 0.3 is 0 Å². The summed E-state index contributed by atoms with van der Waals surface area (Å²) >= 11 is 0. The maximum Gasteiger partial charge on any atom is 0.183 e. The fourth-order valence-corrected chi connectivity index (χ4v) is 3.57. The number of aryl methyl sites for hydroxylation is 3. The average molecular weight is 287 g/mol. The zero-order valence-electron chi connectivity index (χ0n) is 14.4. The molecule has 116 valence electrons. The van der Waals surface area contributed by atoms with Crippen molar-refractivity contribution in [2.24, 2.45) is 5.92 Å². The molecule has 1 saturated carbocycles. The molecule has 0 unspecified atom stereocenters. The molecule has 0 aliphatic heterocycles. The van der Waals surface area contributed by atoms with E-state index in [2.05, 4.69) is 58.8 Å². The maximum atomic E-state index is 13.3. The number of benzene rings is 1. The molecule has 0 spiro atoms. The second-order valence-electron chi connectivity index (χ2n) is 7.19. The summed E-state index contributed by atoms with van der Waals surface area (Å²) < 4.78 is 0. The summed E-state index contributed by atoms with van der Waals surface area (Å²) in [5, 5.41) is 0. The summed E-state index contributed by atoms with van der Waals surface area (Å²) in [6, 6.07) is 4.24. The molecule has 21 heavy (non-hydrogen) atoms. The van der Waals surface area contributed by atoms with E-state index in [1.54, 1.807) is 0 Å². The van der Waals surface area contributed by atoms with Crippen molar-refractivity contribution in [2.45, 2.75) is 58.9 Å². The molecule has 1 aromatic rings. The van der Waals surface area contributed by atoms with Crippen molar-refractivity contribution < 1.29 is 4.79 Å². The molecule has 0 aromatic heterocycles. The number of nitrogens with zero attached hydrogens (tertiary/aromatic N) is 1. The van der Waals surface area contributed by atoms with Crippen molar-refractivity contribution in [3.63, 3.8) is 0 Å². The van der Waals surface area contributed by atoms with E-state index in [0.717, 1.165) is 42.7 Å². The topological polar surface area (TPSA) is 20.3 Å². The predicted octanol–water partition coefficient (Wildman–Crippen LogP) is 4.31.